The van der Waals surface area contributed by atoms with Gasteiger partial charge in [0.2, 0.25) is 0 Å². The summed E-state index contributed by atoms with van der Waals surface area (Å²) < 4.78 is 1.80. The molecule has 0 aliphatic carbocycles. The number of rotatable bonds is 5. The molecule has 0 atom stereocenters. The molecule has 0 fully saturated rings. The Morgan fingerprint density at radius 3 is 2.17 bits per heavy atom. The smallest absolute Gasteiger partial charge is 0.197 e. The zero-order valence-corrected chi connectivity index (χ0v) is 18.0. The summed E-state index contributed by atoms with van der Waals surface area (Å²) >= 11 is 12.4. The molecule has 4 rings (SSSR count). The van der Waals surface area contributed by atoms with Gasteiger partial charge in [0.15, 0.2) is 11.6 Å². The summed E-state index contributed by atoms with van der Waals surface area (Å²) in [6.45, 7) is 6.76. The highest BCUT2D eigenvalue weighted by Gasteiger charge is 2.15. The van der Waals surface area contributed by atoms with Gasteiger partial charge >= 0.3 is 0 Å². The fourth-order valence-electron chi connectivity index (χ4n) is 3.23. The Balaban J connectivity index is 1.71. The number of fused-ring (bicyclic) bond motifs is 1. The molecule has 148 valence electrons. The number of halogens is 2. The van der Waals surface area contributed by atoms with Crippen LogP contribution in [0.3, 0.4) is 0 Å². The van der Waals surface area contributed by atoms with Crippen molar-refractivity contribution >= 4 is 40.1 Å². The Morgan fingerprint density at radius 1 is 0.897 bits per heavy atom. The average Bonchev–Trinajstić information content (AvgIpc) is 3.02. The average molecular weight is 426 g/mol. The third-order valence-corrected chi connectivity index (χ3v) is 5.45. The van der Waals surface area contributed by atoms with Crippen LogP contribution in [0.25, 0.3) is 16.9 Å². The maximum Gasteiger partial charge on any atom is 0.197 e. The number of anilines is 1. The summed E-state index contributed by atoms with van der Waals surface area (Å²) in [7, 11) is 0. The second-order valence-corrected chi connectivity index (χ2v) is 7.97. The molecule has 0 saturated carbocycles. The van der Waals surface area contributed by atoms with Crippen molar-refractivity contribution < 1.29 is 0 Å². The van der Waals surface area contributed by atoms with Crippen molar-refractivity contribution in [3.63, 3.8) is 0 Å². The van der Waals surface area contributed by atoms with Gasteiger partial charge in [-0.05, 0) is 51.0 Å². The van der Waals surface area contributed by atoms with Gasteiger partial charge in [-0.15, -0.1) is 0 Å². The van der Waals surface area contributed by atoms with E-state index in [4.69, 9.17) is 33.2 Å². The lowest BCUT2D eigenvalue weighted by Gasteiger charge is -2.13. The predicted octanol–water partition coefficient (Wildman–Crippen LogP) is 5.70. The summed E-state index contributed by atoms with van der Waals surface area (Å²) in [4.78, 5) is 9.56. The zero-order chi connectivity index (χ0) is 20.5. The minimum atomic E-state index is 0.452. The van der Waals surface area contributed by atoms with E-state index < -0.39 is 0 Å². The van der Waals surface area contributed by atoms with Gasteiger partial charge in [0.1, 0.15) is 0 Å². The van der Waals surface area contributed by atoms with Crippen molar-refractivity contribution in [3.8, 4) is 5.82 Å². The SMILES string of the molecule is Cc1ccc(CCNc2nc3cc(Cl)c(Cl)cc3nc2-n2nc(C)cc2C)cc1. The van der Waals surface area contributed by atoms with Crippen LogP contribution in [0, 0.1) is 20.8 Å². The highest BCUT2D eigenvalue weighted by atomic mass is 35.5. The van der Waals surface area contributed by atoms with E-state index in [2.05, 4.69) is 41.6 Å². The fourth-order valence-corrected chi connectivity index (χ4v) is 3.55. The second-order valence-electron chi connectivity index (χ2n) is 7.15. The van der Waals surface area contributed by atoms with Crippen LogP contribution in [-0.2, 0) is 6.42 Å². The lowest BCUT2D eigenvalue weighted by Crippen LogP contribution is -2.13. The Kier molecular flexibility index (Phi) is 5.43. The van der Waals surface area contributed by atoms with E-state index in [0.717, 1.165) is 24.4 Å². The van der Waals surface area contributed by atoms with Gasteiger partial charge in [-0.1, -0.05) is 53.0 Å². The van der Waals surface area contributed by atoms with Gasteiger partial charge < -0.3 is 5.32 Å². The van der Waals surface area contributed by atoms with Crippen LogP contribution in [0.2, 0.25) is 10.0 Å². The van der Waals surface area contributed by atoms with E-state index in [1.165, 1.54) is 11.1 Å². The van der Waals surface area contributed by atoms with Crippen molar-refractivity contribution in [2.24, 2.45) is 0 Å². The lowest BCUT2D eigenvalue weighted by molar-refractivity contribution is 0.805. The van der Waals surface area contributed by atoms with E-state index in [1.807, 2.05) is 19.9 Å². The van der Waals surface area contributed by atoms with Crippen LogP contribution >= 0.6 is 23.2 Å². The molecule has 4 aromatic rings. The molecule has 2 heterocycles. The molecule has 2 aromatic carbocycles. The number of nitrogens with one attached hydrogen (secondary N) is 1. The van der Waals surface area contributed by atoms with Gasteiger partial charge in [-0.3, -0.25) is 0 Å². The summed E-state index contributed by atoms with van der Waals surface area (Å²) in [5.74, 6) is 1.31. The van der Waals surface area contributed by atoms with E-state index in [9.17, 15) is 0 Å². The van der Waals surface area contributed by atoms with Gasteiger partial charge in [-0.2, -0.15) is 5.10 Å². The van der Waals surface area contributed by atoms with Crippen LogP contribution in [0.15, 0.2) is 42.5 Å². The van der Waals surface area contributed by atoms with Crippen LogP contribution in [-0.4, -0.2) is 26.3 Å². The molecule has 0 saturated heterocycles. The first-order chi connectivity index (χ1) is 13.9. The molecule has 0 aliphatic rings. The second kappa shape index (κ2) is 8.01. The first kappa shape index (κ1) is 19.7. The molecule has 0 amide bonds. The van der Waals surface area contributed by atoms with Crippen LogP contribution in [0.4, 0.5) is 5.82 Å². The predicted molar refractivity (Wildman–Crippen MR) is 120 cm³/mol. The lowest BCUT2D eigenvalue weighted by atomic mass is 10.1. The largest absolute Gasteiger partial charge is 0.367 e. The summed E-state index contributed by atoms with van der Waals surface area (Å²) in [6, 6.07) is 14.0. The number of aromatic nitrogens is 4. The third-order valence-electron chi connectivity index (χ3n) is 4.72. The highest BCUT2D eigenvalue weighted by molar-refractivity contribution is 6.42. The monoisotopic (exact) mass is 425 g/mol. The highest BCUT2D eigenvalue weighted by Crippen LogP contribution is 2.29. The first-order valence-corrected chi connectivity index (χ1v) is 10.2. The van der Waals surface area contributed by atoms with Gasteiger partial charge in [0.25, 0.3) is 0 Å². The maximum absolute atomic E-state index is 6.19. The van der Waals surface area contributed by atoms with Crippen LogP contribution in [0.1, 0.15) is 22.5 Å². The summed E-state index contributed by atoms with van der Waals surface area (Å²) in [5, 5.41) is 8.91. The van der Waals surface area contributed by atoms with E-state index in [-0.39, 0.29) is 0 Å². The molecule has 0 aliphatic heterocycles. The Hall–Kier alpha value is -2.63. The number of benzene rings is 2. The van der Waals surface area contributed by atoms with Crippen molar-refractivity contribution in [1.82, 2.24) is 19.7 Å². The standard InChI is InChI=1S/C22H21Cl2N5/c1-13-4-6-16(7-5-13)8-9-25-21-22(29-15(3)10-14(2)28-29)27-20-12-18(24)17(23)11-19(20)26-21/h4-7,10-12H,8-9H2,1-3H3,(H,25,26). The number of nitrogens with zero attached hydrogens (tertiary/aromatic N) is 4. The molecule has 2 aromatic heterocycles. The quantitative estimate of drug-likeness (QED) is 0.445. The summed E-state index contributed by atoms with van der Waals surface area (Å²) in [5.41, 5.74) is 5.78. The van der Waals surface area contributed by atoms with E-state index >= 15 is 0 Å². The minimum Gasteiger partial charge on any atom is -0.367 e. The topological polar surface area (TPSA) is 55.6 Å². The Labute approximate surface area is 179 Å². The fraction of sp³-hybridized carbons (Fsp3) is 0.227. The number of hydrogen-bond acceptors (Lipinski definition) is 4. The molecule has 0 spiro atoms. The third kappa shape index (κ3) is 4.21. The Bertz CT molecular complexity index is 1180. The molecule has 1 N–H and O–H groups in total. The minimum absolute atomic E-state index is 0.452. The number of hydrogen-bond donors (Lipinski definition) is 1. The van der Waals surface area contributed by atoms with Crippen molar-refractivity contribution in [1.29, 1.82) is 0 Å². The van der Waals surface area contributed by atoms with Gasteiger partial charge in [-0.25, -0.2) is 14.6 Å². The maximum atomic E-state index is 6.19. The molecule has 7 heteroatoms. The number of aryl methyl sites for hydroxylation is 3. The molecule has 29 heavy (non-hydrogen) atoms. The van der Waals surface area contributed by atoms with E-state index in [1.54, 1.807) is 16.8 Å². The molecule has 0 radical (unpaired) electrons. The molecule has 0 bridgehead atoms. The van der Waals surface area contributed by atoms with Crippen molar-refractivity contribution in [2.75, 3.05) is 11.9 Å². The molecule has 5 nitrogen and oxygen atoms in total. The summed E-state index contributed by atoms with van der Waals surface area (Å²) in [6.07, 6.45) is 0.873. The zero-order valence-electron chi connectivity index (χ0n) is 16.5. The van der Waals surface area contributed by atoms with Gasteiger partial charge in [0.05, 0.1) is 26.8 Å². The Morgan fingerprint density at radius 2 is 1.55 bits per heavy atom. The van der Waals surface area contributed by atoms with Crippen LogP contribution in [0.5, 0.6) is 0 Å². The van der Waals surface area contributed by atoms with Crippen molar-refractivity contribution in [3.05, 3.63) is 75.0 Å². The molecular formula is C22H21Cl2N5. The first-order valence-electron chi connectivity index (χ1n) is 9.40. The normalized spacial score (nSPS) is 11.2. The van der Waals surface area contributed by atoms with Gasteiger partial charge in [0, 0.05) is 12.2 Å². The van der Waals surface area contributed by atoms with E-state index in [0.29, 0.717) is 32.7 Å². The molecule has 0 unspecified atom stereocenters. The molecular weight excluding hydrogens is 405 g/mol. The van der Waals surface area contributed by atoms with Crippen molar-refractivity contribution in [2.45, 2.75) is 27.2 Å². The van der Waals surface area contributed by atoms with Crippen LogP contribution < -0.4 is 5.32 Å².